The van der Waals surface area contributed by atoms with E-state index in [0.717, 1.165) is 16.1 Å². The van der Waals surface area contributed by atoms with Crippen LogP contribution in [-0.4, -0.2) is 31.4 Å². The highest BCUT2D eigenvalue weighted by Gasteiger charge is 2.27. The van der Waals surface area contributed by atoms with Crippen LogP contribution in [0.4, 0.5) is 8.78 Å². The molecule has 0 unspecified atom stereocenters. The quantitative estimate of drug-likeness (QED) is 0.377. The average Bonchev–Trinajstić information content (AvgIpc) is 2.77. The lowest BCUT2D eigenvalue weighted by Crippen LogP contribution is -2.39. The molecule has 0 radical (unpaired) electrons. The van der Waals surface area contributed by atoms with Gasteiger partial charge in [-0.3, -0.25) is 4.79 Å². The van der Waals surface area contributed by atoms with Crippen LogP contribution >= 0.6 is 11.6 Å². The number of carbonyl (C=O) groups excluding carboxylic acids is 1. The smallest absolute Gasteiger partial charge is 0.255 e. The van der Waals surface area contributed by atoms with E-state index >= 15 is 0 Å². The van der Waals surface area contributed by atoms with Crippen molar-refractivity contribution in [3.63, 3.8) is 0 Å². The Hall–Kier alpha value is -3.14. The number of nitrogens with zero attached hydrogens (tertiary/aromatic N) is 2. The normalized spacial score (nSPS) is 11.8. The lowest BCUT2D eigenvalue weighted by Gasteiger charge is -2.21. The van der Waals surface area contributed by atoms with Crippen LogP contribution in [0.1, 0.15) is 16.7 Å². The van der Waals surface area contributed by atoms with Crippen molar-refractivity contribution in [3.8, 4) is 0 Å². The Balaban J connectivity index is 1.81. The van der Waals surface area contributed by atoms with E-state index in [9.17, 15) is 22.0 Å². The molecule has 0 aliphatic carbocycles. The monoisotopic (exact) mass is 491 g/mol. The molecule has 0 aliphatic heterocycles. The van der Waals surface area contributed by atoms with Gasteiger partial charge in [-0.15, -0.1) is 0 Å². The van der Waals surface area contributed by atoms with E-state index in [-0.39, 0.29) is 22.0 Å². The number of halogens is 3. The van der Waals surface area contributed by atoms with E-state index in [0.29, 0.717) is 5.56 Å². The topological polar surface area (TPSA) is 78.8 Å². The number of rotatable bonds is 8. The summed E-state index contributed by atoms with van der Waals surface area (Å²) in [5.74, 6) is -1.84. The first kappa shape index (κ1) is 24.5. The fourth-order valence-electron chi connectivity index (χ4n) is 2.88. The van der Waals surface area contributed by atoms with Crippen LogP contribution in [-0.2, 0) is 21.4 Å². The number of amides is 1. The van der Waals surface area contributed by atoms with Crippen molar-refractivity contribution in [2.45, 2.75) is 18.4 Å². The molecule has 6 nitrogen and oxygen atoms in total. The molecule has 172 valence electrons. The van der Waals surface area contributed by atoms with E-state index in [2.05, 4.69) is 10.5 Å². The fourth-order valence-corrected chi connectivity index (χ4v) is 4.47. The minimum atomic E-state index is -4.07. The highest BCUT2D eigenvalue weighted by atomic mass is 35.5. The second-order valence-corrected chi connectivity index (χ2v) is 9.49. The van der Waals surface area contributed by atoms with Crippen LogP contribution in [0.25, 0.3) is 0 Å². The maximum atomic E-state index is 13.8. The van der Waals surface area contributed by atoms with Crippen LogP contribution < -0.4 is 5.43 Å². The zero-order chi connectivity index (χ0) is 24.0. The van der Waals surface area contributed by atoms with Crippen molar-refractivity contribution < 1.29 is 22.0 Å². The molecule has 0 heterocycles. The first-order chi connectivity index (χ1) is 15.7. The van der Waals surface area contributed by atoms with Gasteiger partial charge in [0, 0.05) is 12.1 Å². The van der Waals surface area contributed by atoms with Crippen LogP contribution in [0.3, 0.4) is 0 Å². The molecular formula is C23H20ClF2N3O3S. The standard InChI is InChI=1S/C23H20ClF2N3O3S/c1-16-5-11-19(12-6-16)33(31,32)29(14-17-7-9-18(25)10-8-17)15-23(30)28-27-13-20-21(24)3-2-4-22(20)26/h2-13H,14-15H2,1H3,(H,28,30)/b27-13-. The van der Waals surface area contributed by atoms with Crippen molar-refractivity contribution >= 4 is 33.7 Å². The van der Waals surface area contributed by atoms with Crippen LogP contribution in [0.15, 0.2) is 76.7 Å². The molecule has 3 aromatic rings. The van der Waals surface area contributed by atoms with Crippen molar-refractivity contribution in [2.24, 2.45) is 5.10 Å². The van der Waals surface area contributed by atoms with Crippen molar-refractivity contribution in [3.05, 3.63) is 100 Å². The predicted octanol–water partition coefficient (Wildman–Crippen LogP) is 4.27. The van der Waals surface area contributed by atoms with E-state index in [1.54, 1.807) is 12.1 Å². The summed E-state index contributed by atoms with van der Waals surface area (Å²) in [6.45, 7) is 1.07. The highest BCUT2D eigenvalue weighted by Crippen LogP contribution is 2.19. The van der Waals surface area contributed by atoms with Gasteiger partial charge < -0.3 is 0 Å². The van der Waals surface area contributed by atoms with Gasteiger partial charge in [0.05, 0.1) is 22.7 Å². The lowest BCUT2D eigenvalue weighted by molar-refractivity contribution is -0.121. The number of hydrazone groups is 1. The molecule has 0 fully saturated rings. The van der Waals surface area contributed by atoms with Gasteiger partial charge >= 0.3 is 0 Å². The molecule has 0 aromatic heterocycles. The Morgan fingerprint density at radius 3 is 2.36 bits per heavy atom. The number of hydrogen-bond donors (Lipinski definition) is 1. The molecule has 1 N–H and O–H groups in total. The van der Waals surface area contributed by atoms with E-state index in [1.807, 2.05) is 6.92 Å². The molecular weight excluding hydrogens is 472 g/mol. The number of sulfonamides is 1. The number of hydrogen-bond acceptors (Lipinski definition) is 4. The third-order valence-corrected chi connectivity index (χ3v) is 6.77. The second-order valence-electron chi connectivity index (χ2n) is 7.14. The Bertz CT molecular complexity index is 1240. The van der Waals surface area contributed by atoms with E-state index < -0.39 is 34.1 Å². The zero-order valence-electron chi connectivity index (χ0n) is 17.5. The molecule has 0 spiro atoms. The molecule has 3 rings (SSSR count). The van der Waals surface area contributed by atoms with Crippen LogP contribution in [0, 0.1) is 18.6 Å². The molecule has 0 bridgehead atoms. The second kappa shape index (κ2) is 10.7. The molecule has 0 saturated heterocycles. The van der Waals surface area contributed by atoms with E-state index in [1.165, 1.54) is 54.6 Å². The summed E-state index contributed by atoms with van der Waals surface area (Å²) in [6.07, 6.45) is 1.04. The van der Waals surface area contributed by atoms with Crippen LogP contribution in [0.2, 0.25) is 5.02 Å². The van der Waals surface area contributed by atoms with Gasteiger partial charge in [0.15, 0.2) is 0 Å². The summed E-state index contributed by atoms with van der Waals surface area (Å²) in [5.41, 5.74) is 3.52. The van der Waals surface area contributed by atoms with Gasteiger partial charge in [0.25, 0.3) is 5.91 Å². The third-order valence-electron chi connectivity index (χ3n) is 4.63. The van der Waals surface area contributed by atoms with Crippen molar-refractivity contribution in [2.75, 3.05) is 6.54 Å². The van der Waals surface area contributed by atoms with Crippen molar-refractivity contribution in [1.29, 1.82) is 0 Å². The summed E-state index contributed by atoms with van der Waals surface area (Å²) in [6, 6.07) is 15.5. The fraction of sp³-hybridized carbons (Fsp3) is 0.130. The largest absolute Gasteiger partial charge is 0.272 e. The first-order valence-corrected chi connectivity index (χ1v) is 11.6. The number of aryl methyl sites for hydroxylation is 1. The maximum Gasteiger partial charge on any atom is 0.255 e. The molecule has 10 heteroatoms. The van der Waals surface area contributed by atoms with E-state index in [4.69, 9.17) is 11.6 Å². The van der Waals surface area contributed by atoms with Gasteiger partial charge in [0.2, 0.25) is 10.0 Å². The molecule has 1 amide bonds. The predicted molar refractivity (Wildman–Crippen MR) is 122 cm³/mol. The first-order valence-electron chi connectivity index (χ1n) is 9.74. The minimum absolute atomic E-state index is 0.00431. The van der Waals surface area contributed by atoms with Gasteiger partial charge in [-0.2, -0.15) is 9.41 Å². The van der Waals surface area contributed by atoms with Gasteiger partial charge in [0.1, 0.15) is 11.6 Å². The number of carbonyl (C=O) groups is 1. The lowest BCUT2D eigenvalue weighted by atomic mass is 10.2. The number of nitrogens with one attached hydrogen (secondary N) is 1. The van der Waals surface area contributed by atoms with Gasteiger partial charge in [-0.05, 0) is 48.9 Å². The van der Waals surface area contributed by atoms with Crippen LogP contribution in [0.5, 0.6) is 0 Å². The molecule has 0 aliphatic rings. The molecule has 33 heavy (non-hydrogen) atoms. The Morgan fingerprint density at radius 2 is 1.73 bits per heavy atom. The van der Waals surface area contributed by atoms with Crippen molar-refractivity contribution in [1.82, 2.24) is 9.73 Å². The minimum Gasteiger partial charge on any atom is -0.272 e. The summed E-state index contributed by atoms with van der Waals surface area (Å²) in [5, 5.41) is 3.79. The molecule has 0 atom stereocenters. The molecule has 3 aromatic carbocycles. The maximum absolute atomic E-state index is 13.8. The highest BCUT2D eigenvalue weighted by molar-refractivity contribution is 7.89. The number of benzene rings is 3. The summed E-state index contributed by atoms with van der Waals surface area (Å²) in [4.78, 5) is 12.5. The van der Waals surface area contributed by atoms with Gasteiger partial charge in [-0.1, -0.05) is 47.5 Å². The Kier molecular flexibility index (Phi) is 7.91. The Morgan fingerprint density at radius 1 is 1.06 bits per heavy atom. The third kappa shape index (κ3) is 6.44. The summed E-state index contributed by atoms with van der Waals surface area (Å²) < 4.78 is 54.4. The van der Waals surface area contributed by atoms with Gasteiger partial charge in [-0.25, -0.2) is 22.6 Å². The SMILES string of the molecule is Cc1ccc(S(=O)(=O)N(CC(=O)N/N=C\c2c(F)cccc2Cl)Cc2ccc(F)cc2)cc1. The average molecular weight is 492 g/mol. The Labute approximate surface area is 195 Å². The zero-order valence-corrected chi connectivity index (χ0v) is 19.1. The summed E-state index contributed by atoms with van der Waals surface area (Å²) in [7, 11) is -4.07. The summed E-state index contributed by atoms with van der Waals surface area (Å²) >= 11 is 5.91. The molecule has 0 saturated carbocycles.